The van der Waals surface area contributed by atoms with Gasteiger partial charge in [0.2, 0.25) is 0 Å². The molecule has 0 spiro atoms. The Morgan fingerprint density at radius 3 is 2.67 bits per heavy atom. The summed E-state index contributed by atoms with van der Waals surface area (Å²) in [5.41, 5.74) is 6.42. The topological polar surface area (TPSA) is 85.6 Å². The van der Waals surface area contributed by atoms with Crippen molar-refractivity contribution in [3.8, 4) is 17.2 Å². The quantitative estimate of drug-likeness (QED) is 0.422. The number of aliphatic hydroxyl groups excluding tert-OH is 1. The van der Waals surface area contributed by atoms with Gasteiger partial charge in [0.1, 0.15) is 35.2 Å². The van der Waals surface area contributed by atoms with Gasteiger partial charge in [-0.25, -0.2) is 0 Å². The SMILES string of the molecule is COc1cccc([C@H]2Oc3ccc(OC)cc3/C(=N\O[C@@H](C)CN3CCCCc4nc(C)c(C)cc43)[C@@H]2O)c1. The Kier molecular flexibility index (Phi) is 7.93. The van der Waals surface area contributed by atoms with Gasteiger partial charge in [0.05, 0.1) is 32.1 Å². The minimum absolute atomic E-state index is 0.232. The number of benzene rings is 2. The van der Waals surface area contributed by atoms with Crippen molar-refractivity contribution < 1.29 is 24.2 Å². The fraction of sp³-hybridized carbons (Fsp3) is 0.419. The number of nitrogens with zero attached hydrogens (tertiary/aromatic N) is 3. The molecule has 206 valence electrons. The smallest absolute Gasteiger partial charge is 0.156 e. The van der Waals surface area contributed by atoms with E-state index >= 15 is 0 Å². The number of rotatable bonds is 7. The lowest BCUT2D eigenvalue weighted by Gasteiger charge is -2.32. The highest BCUT2D eigenvalue weighted by Crippen LogP contribution is 2.38. The van der Waals surface area contributed by atoms with Gasteiger partial charge in [-0.05, 0) is 87.6 Å². The van der Waals surface area contributed by atoms with Crippen molar-refractivity contribution >= 4 is 11.4 Å². The lowest BCUT2D eigenvalue weighted by Crippen LogP contribution is -2.38. The Bertz CT molecular complexity index is 1360. The van der Waals surface area contributed by atoms with Crippen LogP contribution in [0.25, 0.3) is 0 Å². The molecule has 1 N–H and O–H groups in total. The number of ether oxygens (including phenoxy) is 3. The highest BCUT2D eigenvalue weighted by molar-refractivity contribution is 6.07. The Balaban J connectivity index is 1.42. The van der Waals surface area contributed by atoms with Gasteiger partial charge < -0.3 is 29.1 Å². The van der Waals surface area contributed by atoms with Crippen LogP contribution in [0, 0.1) is 13.8 Å². The Morgan fingerprint density at radius 1 is 1.08 bits per heavy atom. The van der Waals surface area contributed by atoms with Crippen molar-refractivity contribution in [2.75, 3.05) is 32.2 Å². The third-order valence-electron chi connectivity index (χ3n) is 7.47. The van der Waals surface area contributed by atoms with E-state index in [4.69, 9.17) is 24.0 Å². The van der Waals surface area contributed by atoms with Crippen LogP contribution in [-0.2, 0) is 11.3 Å². The molecule has 0 unspecified atom stereocenters. The molecule has 2 aromatic carbocycles. The Labute approximate surface area is 230 Å². The van der Waals surface area contributed by atoms with Crippen molar-refractivity contribution in [2.24, 2.45) is 5.16 Å². The zero-order valence-corrected chi connectivity index (χ0v) is 23.3. The summed E-state index contributed by atoms with van der Waals surface area (Å²) in [6.45, 7) is 7.77. The molecule has 0 aliphatic carbocycles. The summed E-state index contributed by atoms with van der Waals surface area (Å²) in [7, 11) is 3.22. The molecule has 1 aromatic heterocycles. The van der Waals surface area contributed by atoms with Crippen LogP contribution in [0.15, 0.2) is 53.7 Å². The van der Waals surface area contributed by atoms with Gasteiger partial charge in [-0.15, -0.1) is 0 Å². The molecule has 3 aromatic rings. The van der Waals surface area contributed by atoms with Crippen LogP contribution in [0.5, 0.6) is 17.2 Å². The van der Waals surface area contributed by atoms with Crippen molar-refractivity contribution in [1.29, 1.82) is 0 Å². The molecule has 2 aliphatic heterocycles. The van der Waals surface area contributed by atoms with E-state index in [9.17, 15) is 5.11 Å². The maximum atomic E-state index is 11.5. The lowest BCUT2D eigenvalue weighted by atomic mass is 9.92. The number of hydrogen-bond acceptors (Lipinski definition) is 8. The monoisotopic (exact) mass is 531 g/mol. The van der Waals surface area contributed by atoms with Crippen LogP contribution in [0.2, 0.25) is 0 Å². The second-order valence-corrected chi connectivity index (χ2v) is 10.3. The van der Waals surface area contributed by atoms with Crippen molar-refractivity contribution in [2.45, 2.75) is 58.3 Å². The van der Waals surface area contributed by atoms with E-state index in [2.05, 4.69) is 30.0 Å². The Morgan fingerprint density at radius 2 is 1.87 bits per heavy atom. The predicted molar refractivity (Wildman–Crippen MR) is 151 cm³/mol. The largest absolute Gasteiger partial charge is 0.497 e. The van der Waals surface area contributed by atoms with Gasteiger partial charge in [0.25, 0.3) is 0 Å². The van der Waals surface area contributed by atoms with Gasteiger partial charge in [-0.1, -0.05) is 17.3 Å². The number of anilines is 1. The molecule has 0 amide bonds. The second kappa shape index (κ2) is 11.5. The molecule has 0 fully saturated rings. The van der Waals surface area contributed by atoms with E-state index in [1.54, 1.807) is 14.2 Å². The van der Waals surface area contributed by atoms with Crippen LogP contribution in [0.3, 0.4) is 0 Å². The maximum absolute atomic E-state index is 11.5. The van der Waals surface area contributed by atoms with E-state index in [1.165, 1.54) is 11.3 Å². The molecule has 3 atom stereocenters. The fourth-order valence-electron chi connectivity index (χ4n) is 5.21. The van der Waals surface area contributed by atoms with Crippen LogP contribution < -0.4 is 19.1 Å². The number of pyridine rings is 1. The summed E-state index contributed by atoms with van der Waals surface area (Å²) in [6.07, 6.45) is 1.24. The summed E-state index contributed by atoms with van der Waals surface area (Å²) >= 11 is 0. The third-order valence-corrected chi connectivity index (χ3v) is 7.47. The summed E-state index contributed by atoms with van der Waals surface area (Å²) in [5.74, 6) is 1.93. The second-order valence-electron chi connectivity index (χ2n) is 10.3. The molecule has 3 heterocycles. The fourth-order valence-corrected chi connectivity index (χ4v) is 5.21. The third kappa shape index (κ3) is 5.66. The summed E-state index contributed by atoms with van der Waals surface area (Å²) in [5, 5.41) is 16.0. The molecule has 2 aliphatic rings. The number of methoxy groups -OCH3 is 2. The molecule has 8 heteroatoms. The van der Waals surface area contributed by atoms with E-state index < -0.39 is 12.2 Å². The van der Waals surface area contributed by atoms with E-state index in [0.29, 0.717) is 35.1 Å². The molecular formula is C31H37N3O5. The normalized spacial score (nSPS) is 20.4. The number of fused-ring (bicyclic) bond motifs is 2. The number of hydrogen-bond donors (Lipinski definition) is 1. The molecule has 0 radical (unpaired) electrons. The molecule has 0 bridgehead atoms. The van der Waals surface area contributed by atoms with Crippen molar-refractivity contribution in [3.63, 3.8) is 0 Å². The zero-order chi connectivity index (χ0) is 27.5. The first-order chi connectivity index (χ1) is 18.9. The van der Waals surface area contributed by atoms with Crippen molar-refractivity contribution in [3.05, 3.63) is 76.6 Å². The Hall–Kier alpha value is -3.78. The van der Waals surface area contributed by atoms with E-state index in [1.807, 2.05) is 49.4 Å². The molecule has 5 rings (SSSR count). The number of aromatic nitrogens is 1. The van der Waals surface area contributed by atoms with Gasteiger partial charge in [0.15, 0.2) is 6.10 Å². The zero-order valence-electron chi connectivity index (χ0n) is 23.3. The average molecular weight is 532 g/mol. The summed E-state index contributed by atoms with van der Waals surface area (Å²) < 4.78 is 17.1. The van der Waals surface area contributed by atoms with E-state index in [0.717, 1.165) is 42.8 Å². The van der Waals surface area contributed by atoms with Gasteiger partial charge in [-0.2, -0.15) is 0 Å². The van der Waals surface area contributed by atoms with Crippen LogP contribution in [-0.4, -0.2) is 55.3 Å². The minimum atomic E-state index is -1.06. The van der Waals surface area contributed by atoms with Crippen LogP contribution in [0.1, 0.15) is 53.9 Å². The summed E-state index contributed by atoms with van der Waals surface area (Å²) in [6, 6.07) is 15.2. The number of aliphatic hydroxyl groups is 1. The predicted octanol–water partition coefficient (Wildman–Crippen LogP) is 5.16. The molecular weight excluding hydrogens is 494 g/mol. The number of oxime groups is 1. The maximum Gasteiger partial charge on any atom is 0.156 e. The van der Waals surface area contributed by atoms with Crippen LogP contribution >= 0.6 is 0 Å². The highest BCUT2D eigenvalue weighted by Gasteiger charge is 2.37. The van der Waals surface area contributed by atoms with Crippen molar-refractivity contribution in [1.82, 2.24) is 4.98 Å². The average Bonchev–Trinajstić information content (AvgIpc) is 3.13. The molecule has 8 nitrogen and oxygen atoms in total. The lowest BCUT2D eigenvalue weighted by molar-refractivity contribution is 0.0513. The summed E-state index contributed by atoms with van der Waals surface area (Å²) in [4.78, 5) is 13.3. The standard InChI is InChI=1S/C31H37N3O5/c1-19-15-27-26(32-21(19)3)11-6-7-14-34(27)18-20(2)39-33-29-25-17-24(37-5)12-13-28(25)38-31(30(29)35)22-9-8-10-23(16-22)36-4/h8-10,12-13,15-17,20,30-31,35H,6-7,11,14,18H2,1-5H3/b33-29+/t20-,30-,31+/m0/s1. The highest BCUT2D eigenvalue weighted by atomic mass is 16.6. The first kappa shape index (κ1) is 26.8. The van der Waals surface area contributed by atoms with Crippen LogP contribution in [0.4, 0.5) is 5.69 Å². The molecule has 0 saturated carbocycles. The molecule has 0 saturated heterocycles. The van der Waals surface area contributed by atoms with Gasteiger partial charge in [-0.3, -0.25) is 4.98 Å². The number of aryl methyl sites for hydroxylation is 3. The molecule has 39 heavy (non-hydrogen) atoms. The minimum Gasteiger partial charge on any atom is -0.497 e. The first-order valence-electron chi connectivity index (χ1n) is 13.5. The first-order valence-corrected chi connectivity index (χ1v) is 13.5. The van der Waals surface area contributed by atoms with E-state index in [-0.39, 0.29) is 6.10 Å². The van der Waals surface area contributed by atoms with Gasteiger partial charge in [0, 0.05) is 17.8 Å². The van der Waals surface area contributed by atoms with Gasteiger partial charge >= 0.3 is 0 Å².